The van der Waals surface area contributed by atoms with Crippen LogP contribution in [-0.4, -0.2) is 140 Å². The van der Waals surface area contributed by atoms with E-state index in [9.17, 15) is 45.6 Å². The molecule has 14 nitrogen and oxygen atoms in total. The molecule has 14 heteroatoms. The summed E-state index contributed by atoms with van der Waals surface area (Å²) in [5.74, 6) is -0.253. The Morgan fingerprint density at radius 1 is 0.500 bits per heavy atom. The van der Waals surface area contributed by atoms with E-state index in [1.807, 2.05) is 19.1 Å². The molecular weight excluding hydrogens is 943 g/mol. The number of aliphatic hydroxyl groups excluding tert-OH is 8. The predicted octanol–water partition coefficient (Wildman–Crippen LogP) is 10.2. The van der Waals surface area contributed by atoms with E-state index in [1.165, 1.54) is 173 Å². The van der Waals surface area contributed by atoms with Gasteiger partial charge in [0.2, 0.25) is 5.91 Å². The van der Waals surface area contributed by atoms with Crippen molar-refractivity contribution >= 4 is 5.91 Å². The highest BCUT2D eigenvalue weighted by molar-refractivity contribution is 5.76. The van der Waals surface area contributed by atoms with Crippen LogP contribution in [0.2, 0.25) is 0 Å². The molecule has 2 saturated heterocycles. The van der Waals surface area contributed by atoms with Crippen molar-refractivity contribution in [2.75, 3.05) is 19.8 Å². The summed E-state index contributed by atoms with van der Waals surface area (Å²) in [5, 5.41) is 86.7. The highest BCUT2D eigenvalue weighted by Crippen LogP contribution is 2.30. The molecule has 0 aromatic carbocycles. The third kappa shape index (κ3) is 31.6. The topological polar surface area (TPSA) is 228 Å². The van der Waals surface area contributed by atoms with Crippen molar-refractivity contribution in [3.05, 3.63) is 36.5 Å². The van der Waals surface area contributed by atoms with E-state index in [0.717, 1.165) is 38.5 Å². The van der Waals surface area contributed by atoms with Gasteiger partial charge in [-0.2, -0.15) is 0 Å². The van der Waals surface area contributed by atoms with Gasteiger partial charge in [-0.15, -0.1) is 0 Å². The van der Waals surface area contributed by atoms with E-state index >= 15 is 0 Å². The van der Waals surface area contributed by atoms with E-state index in [1.54, 1.807) is 6.08 Å². The largest absolute Gasteiger partial charge is 0.394 e. The lowest BCUT2D eigenvalue weighted by Crippen LogP contribution is -2.65. The van der Waals surface area contributed by atoms with E-state index in [-0.39, 0.29) is 18.9 Å². The van der Waals surface area contributed by atoms with Crippen molar-refractivity contribution in [1.82, 2.24) is 5.32 Å². The lowest BCUT2D eigenvalue weighted by molar-refractivity contribution is -0.359. The SMILES string of the molecule is C/C=C/CC/C=C/CC/C=C/C(O)C(COC1OC(CO)C(OC2OC(CO)C(O)C(O)C2O)C(O)C1O)NC(=O)CCCCCCCCCCCCCCCCCCCCCCCCCCCCCCCCC. The average molecular weight is 1050 g/mol. The fourth-order valence-electron chi connectivity index (χ4n) is 10.0. The predicted molar refractivity (Wildman–Crippen MR) is 295 cm³/mol. The third-order valence-electron chi connectivity index (χ3n) is 14.9. The quantitative estimate of drug-likeness (QED) is 0.0204. The molecule has 2 rings (SSSR count). The monoisotopic (exact) mass is 1050 g/mol. The molecule has 2 aliphatic rings. The van der Waals surface area contributed by atoms with Crippen molar-refractivity contribution in [3.63, 3.8) is 0 Å². The van der Waals surface area contributed by atoms with E-state index < -0.39 is 86.8 Å². The van der Waals surface area contributed by atoms with Crippen LogP contribution in [0.25, 0.3) is 0 Å². The Balaban J connectivity index is 1.60. The highest BCUT2D eigenvalue weighted by atomic mass is 16.7. The van der Waals surface area contributed by atoms with E-state index in [2.05, 4.69) is 30.5 Å². The van der Waals surface area contributed by atoms with Crippen LogP contribution in [0.4, 0.5) is 0 Å². The van der Waals surface area contributed by atoms with Crippen LogP contribution in [-0.2, 0) is 23.7 Å². The van der Waals surface area contributed by atoms with Crippen molar-refractivity contribution in [1.29, 1.82) is 0 Å². The molecular formula is C60H111NO13. The molecule has 0 saturated carbocycles. The average Bonchev–Trinajstić information content (AvgIpc) is 3.40. The number of carbonyl (C=O) groups excluding carboxylic acids is 1. The number of hydrogen-bond acceptors (Lipinski definition) is 13. The summed E-state index contributed by atoms with van der Waals surface area (Å²) in [6.45, 7) is 2.54. The number of ether oxygens (including phenoxy) is 4. The Morgan fingerprint density at radius 3 is 1.32 bits per heavy atom. The Kier molecular flexibility index (Phi) is 42.6. The molecule has 0 aliphatic carbocycles. The van der Waals surface area contributed by atoms with Gasteiger partial charge in [-0.05, 0) is 39.0 Å². The molecule has 0 bridgehead atoms. The van der Waals surface area contributed by atoms with Gasteiger partial charge < -0.3 is 65.1 Å². The molecule has 74 heavy (non-hydrogen) atoms. The lowest BCUT2D eigenvalue weighted by atomic mass is 9.97. The van der Waals surface area contributed by atoms with Crippen molar-refractivity contribution < 1.29 is 64.6 Å². The zero-order chi connectivity index (χ0) is 53.9. The second-order valence-electron chi connectivity index (χ2n) is 21.5. The molecule has 0 aromatic heterocycles. The van der Waals surface area contributed by atoms with Crippen LogP contribution in [0, 0.1) is 0 Å². The molecule has 2 fully saturated rings. The van der Waals surface area contributed by atoms with Crippen LogP contribution < -0.4 is 5.32 Å². The minimum Gasteiger partial charge on any atom is -0.394 e. The second kappa shape index (κ2) is 46.2. The zero-order valence-electron chi connectivity index (χ0n) is 46.6. The van der Waals surface area contributed by atoms with Gasteiger partial charge in [-0.3, -0.25) is 4.79 Å². The summed E-state index contributed by atoms with van der Waals surface area (Å²) in [6, 6.07) is -0.933. The number of aliphatic hydroxyl groups is 8. The highest BCUT2D eigenvalue weighted by Gasteiger charge is 2.51. The number of amides is 1. The maximum atomic E-state index is 13.2. The van der Waals surface area contributed by atoms with E-state index in [4.69, 9.17) is 18.9 Å². The number of nitrogens with one attached hydrogen (secondary N) is 1. The van der Waals surface area contributed by atoms with Crippen LogP contribution in [0.15, 0.2) is 36.5 Å². The van der Waals surface area contributed by atoms with Crippen molar-refractivity contribution in [2.24, 2.45) is 0 Å². The van der Waals surface area contributed by atoms with Gasteiger partial charge in [0.25, 0.3) is 0 Å². The van der Waals surface area contributed by atoms with Crippen LogP contribution >= 0.6 is 0 Å². The number of hydrogen-bond donors (Lipinski definition) is 9. The molecule has 12 unspecified atom stereocenters. The first-order chi connectivity index (χ1) is 36.1. The van der Waals surface area contributed by atoms with Gasteiger partial charge >= 0.3 is 0 Å². The van der Waals surface area contributed by atoms with Gasteiger partial charge in [0, 0.05) is 6.42 Å². The molecule has 2 heterocycles. The number of rotatable bonds is 48. The number of allylic oxidation sites excluding steroid dienone is 5. The van der Waals surface area contributed by atoms with Gasteiger partial charge in [-0.25, -0.2) is 0 Å². The first kappa shape index (κ1) is 68.3. The standard InChI is InChI=1S/C60H111NO13/c1-3-5-7-9-11-13-14-15-16-17-18-19-20-21-22-23-24-25-26-27-28-29-30-31-32-33-34-36-38-40-42-44-52(65)61-48(49(64)43-41-39-37-35-12-10-8-6-4-2)47-71-59-57(70)55(68)58(51(46-63)73-59)74-60-56(69)54(67)53(66)50(45-62)72-60/h4,6,12,35,41,43,48-51,53-60,62-64,66-70H,3,5,7-11,13-34,36-40,42,44-47H2,1-2H3,(H,61,65)/b6-4+,35-12+,43-41+. The summed E-state index contributed by atoms with van der Waals surface area (Å²) >= 11 is 0. The summed E-state index contributed by atoms with van der Waals surface area (Å²) < 4.78 is 22.7. The fourth-order valence-corrected chi connectivity index (χ4v) is 10.0. The smallest absolute Gasteiger partial charge is 0.220 e. The summed E-state index contributed by atoms with van der Waals surface area (Å²) in [4.78, 5) is 13.2. The Morgan fingerprint density at radius 2 is 0.892 bits per heavy atom. The molecule has 2 aliphatic heterocycles. The summed E-state index contributed by atoms with van der Waals surface area (Å²) in [6.07, 6.45) is 39.8. The first-order valence-corrected chi connectivity index (χ1v) is 30.2. The maximum absolute atomic E-state index is 13.2. The lowest BCUT2D eigenvalue weighted by Gasteiger charge is -2.46. The molecule has 0 spiro atoms. The number of unbranched alkanes of at least 4 members (excludes halogenated alkanes) is 32. The zero-order valence-corrected chi connectivity index (χ0v) is 46.6. The van der Waals surface area contributed by atoms with Gasteiger partial charge in [-0.1, -0.05) is 236 Å². The molecule has 0 radical (unpaired) electrons. The normalized spacial score (nSPS) is 25.4. The molecule has 1 amide bonds. The summed E-state index contributed by atoms with van der Waals surface area (Å²) in [7, 11) is 0. The molecule has 9 N–H and O–H groups in total. The molecule has 12 atom stereocenters. The second-order valence-corrected chi connectivity index (χ2v) is 21.5. The van der Waals surface area contributed by atoms with Crippen LogP contribution in [0.5, 0.6) is 0 Å². The van der Waals surface area contributed by atoms with Gasteiger partial charge in [0.15, 0.2) is 12.6 Å². The fraction of sp³-hybridized carbons (Fsp3) is 0.883. The minimum absolute atomic E-state index is 0.253. The van der Waals surface area contributed by atoms with Crippen LogP contribution in [0.3, 0.4) is 0 Å². The number of carbonyl (C=O) groups is 1. The Hall–Kier alpha value is -1.79. The third-order valence-corrected chi connectivity index (χ3v) is 14.9. The maximum Gasteiger partial charge on any atom is 0.220 e. The first-order valence-electron chi connectivity index (χ1n) is 30.2. The molecule has 0 aromatic rings. The Labute approximate surface area is 449 Å². The minimum atomic E-state index is -1.79. The van der Waals surface area contributed by atoms with Gasteiger partial charge in [0.1, 0.15) is 48.8 Å². The summed E-state index contributed by atoms with van der Waals surface area (Å²) in [5.41, 5.74) is 0. The van der Waals surface area contributed by atoms with Crippen molar-refractivity contribution in [3.8, 4) is 0 Å². The van der Waals surface area contributed by atoms with Crippen LogP contribution in [0.1, 0.15) is 245 Å². The van der Waals surface area contributed by atoms with Gasteiger partial charge in [0.05, 0.1) is 32.0 Å². The Bertz CT molecular complexity index is 1380. The van der Waals surface area contributed by atoms with E-state index in [0.29, 0.717) is 12.8 Å². The van der Waals surface area contributed by atoms with Crippen molar-refractivity contribution in [2.45, 2.75) is 319 Å². The molecule has 434 valence electrons.